The summed E-state index contributed by atoms with van der Waals surface area (Å²) in [5.74, 6) is 1.34. The second-order valence-corrected chi connectivity index (χ2v) is 9.47. The van der Waals surface area contributed by atoms with Crippen LogP contribution in [0.2, 0.25) is 0 Å². The monoisotopic (exact) mass is 380 g/mol. The van der Waals surface area contributed by atoms with Crippen LogP contribution >= 0.6 is 0 Å². The maximum absolute atomic E-state index is 10.4. The van der Waals surface area contributed by atoms with Gasteiger partial charge >= 0.3 is 0 Å². The quantitative estimate of drug-likeness (QED) is 0.318. The Kier molecular flexibility index (Phi) is 12.8. The van der Waals surface area contributed by atoms with Crippen LogP contribution < -0.4 is 0 Å². The van der Waals surface area contributed by atoms with Gasteiger partial charge in [-0.2, -0.15) is 0 Å². The number of rotatable bonds is 14. The van der Waals surface area contributed by atoms with Crippen molar-refractivity contribution in [2.24, 2.45) is 11.8 Å². The van der Waals surface area contributed by atoms with Crippen LogP contribution in [-0.4, -0.2) is 23.9 Å². The van der Waals surface area contributed by atoms with Gasteiger partial charge in [-0.05, 0) is 56.8 Å². The van der Waals surface area contributed by atoms with Gasteiger partial charge in [-0.25, -0.2) is 0 Å². The fourth-order valence-electron chi connectivity index (χ4n) is 5.32. The van der Waals surface area contributed by atoms with Gasteiger partial charge in [0.2, 0.25) is 0 Å². The maximum atomic E-state index is 10.4. The van der Waals surface area contributed by atoms with E-state index in [1.165, 1.54) is 109 Å². The Hall–Kier alpha value is -0.0800. The lowest BCUT2D eigenvalue weighted by atomic mass is 9.84. The average Bonchev–Trinajstić information content (AvgIpc) is 2.89. The molecule has 4 atom stereocenters. The van der Waals surface area contributed by atoms with Crippen LogP contribution in [0, 0.1) is 11.8 Å². The van der Waals surface area contributed by atoms with Gasteiger partial charge in [0.05, 0.1) is 12.2 Å². The summed E-state index contributed by atoms with van der Waals surface area (Å²) in [4.78, 5) is 0. The van der Waals surface area contributed by atoms with E-state index in [0.717, 1.165) is 25.4 Å². The molecule has 0 heterocycles. The first kappa shape index (κ1) is 23.2. The number of ether oxygens (including phenoxy) is 1. The van der Waals surface area contributed by atoms with Crippen molar-refractivity contribution in [3.63, 3.8) is 0 Å². The lowest BCUT2D eigenvalue weighted by Crippen LogP contribution is -2.30. The number of unbranched alkanes of at least 4 members (excludes halogenated alkanes) is 11. The summed E-state index contributed by atoms with van der Waals surface area (Å²) in [7, 11) is 0. The summed E-state index contributed by atoms with van der Waals surface area (Å²) in [6.07, 6.45) is 25.6. The molecule has 0 aliphatic heterocycles. The Balaban J connectivity index is 1.43. The zero-order chi connectivity index (χ0) is 19.2. The number of aliphatic hydroxyl groups excluding tert-OH is 1. The van der Waals surface area contributed by atoms with E-state index >= 15 is 0 Å². The van der Waals surface area contributed by atoms with E-state index < -0.39 is 0 Å². The molecule has 0 amide bonds. The van der Waals surface area contributed by atoms with Crippen molar-refractivity contribution in [2.75, 3.05) is 6.61 Å². The minimum Gasteiger partial charge on any atom is -0.393 e. The molecule has 0 radical (unpaired) electrons. The minimum atomic E-state index is -0.0678. The van der Waals surface area contributed by atoms with Crippen LogP contribution in [0.25, 0.3) is 0 Å². The molecule has 160 valence electrons. The van der Waals surface area contributed by atoms with Gasteiger partial charge in [-0.3, -0.25) is 0 Å². The van der Waals surface area contributed by atoms with E-state index in [0.29, 0.717) is 12.0 Å². The van der Waals surface area contributed by atoms with Crippen LogP contribution in [0.3, 0.4) is 0 Å². The molecular formula is C25H48O2. The van der Waals surface area contributed by atoms with Gasteiger partial charge in [-0.15, -0.1) is 0 Å². The Bertz CT molecular complexity index is 343. The van der Waals surface area contributed by atoms with Crippen molar-refractivity contribution in [1.82, 2.24) is 0 Å². The van der Waals surface area contributed by atoms with Gasteiger partial charge in [0.25, 0.3) is 0 Å². The van der Waals surface area contributed by atoms with E-state index in [1.54, 1.807) is 0 Å². The highest BCUT2D eigenvalue weighted by molar-refractivity contribution is 4.84. The van der Waals surface area contributed by atoms with Gasteiger partial charge in [0.1, 0.15) is 0 Å². The molecular weight excluding hydrogens is 332 g/mol. The highest BCUT2D eigenvalue weighted by atomic mass is 16.5. The molecule has 2 heteroatoms. The lowest BCUT2D eigenvalue weighted by Gasteiger charge is -2.31. The third-order valence-electron chi connectivity index (χ3n) is 7.20. The van der Waals surface area contributed by atoms with Gasteiger partial charge in [0, 0.05) is 6.61 Å². The Labute approximate surface area is 169 Å². The zero-order valence-electron chi connectivity index (χ0n) is 18.3. The van der Waals surface area contributed by atoms with Gasteiger partial charge in [0.15, 0.2) is 0 Å². The molecule has 2 bridgehead atoms. The summed E-state index contributed by atoms with van der Waals surface area (Å²) in [5, 5.41) is 10.4. The number of fused-ring (bicyclic) bond motifs is 3. The van der Waals surface area contributed by atoms with E-state index in [2.05, 4.69) is 6.92 Å². The summed E-state index contributed by atoms with van der Waals surface area (Å²) < 4.78 is 6.33. The number of aliphatic hydroxyl groups is 1. The molecule has 0 saturated heterocycles. The maximum Gasteiger partial charge on any atom is 0.0604 e. The predicted molar refractivity (Wildman–Crippen MR) is 116 cm³/mol. The van der Waals surface area contributed by atoms with Crippen LogP contribution in [0.15, 0.2) is 0 Å². The first-order chi connectivity index (χ1) is 13.3. The van der Waals surface area contributed by atoms with Crippen molar-refractivity contribution in [3.05, 3.63) is 0 Å². The van der Waals surface area contributed by atoms with E-state index in [4.69, 9.17) is 4.74 Å². The fourth-order valence-corrected chi connectivity index (χ4v) is 5.32. The van der Waals surface area contributed by atoms with E-state index in [9.17, 15) is 5.11 Å². The highest BCUT2D eigenvalue weighted by Gasteiger charge is 2.32. The topological polar surface area (TPSA) is 29.5 Å². The molecule has 27 heavy (non-hydrogen) atoms. The average molecular weight is 381 g/mol. The Morgan fingerprint density at radius 2 is 1.19 bits per heavy atom. The van der Waals surface area contributed by atoms with Crippen molar-refractivity contribution < 1.29 is 9.84 Å². The molecule has 4 unspecified atom stereocenters. The molecule has 2 nitrogen and oxygen atoms in total. The first-order valence-corrected chi connectivity index (χ1v) is 12.6. The van der Waals surface area contributed by atoms with E-state index in [-0.39, 0.29) is 6.10 Å². The van der Waals surface area contributed by atoms with Gasteiger partial charge < -0.3 is 9.84 Å². The molecule has 0 spiro atoms. The normalized spacial score (nSPS) is 28.7. The summed E-state index contributed by atoms with van der Waals surface area (Å²) in [6, 6.07) is 0. The number of hydrogen-bond donors (Lipinski definition) is 1. The summed E-state index contributed by atoms with van der Waals surface area (Å²) >= 11 is 0. The molecule has 2 aliphatic rings. The molecule has 2 saturated carbocycles. The molecule has 1 N–H and O–H groups in total. The van der Waals surface area contributed by atoms with Crippen molar-refractivity contribution in [2.45, 2.75) is 141 Å². The van der Waals surface area contributed by atoms with Crippen LogP contribution in [-0.2, 0) is 4.74 Å². The summed E-state index contributed by atoms with van der Waals surface area (Å²) in [6.45, 7) is 3.23. The third-order valence-corrected chi connectivity index (χ3v) is 7.20. The van der Waals surface area contributed by atoms with Crippen molar-refractivity contribution in [3.8, 4) is 0 Å². The Morgan fingerprint density at radius 3 is 1.85 bits per heavy atom. The Morgan fingerprint density at radius 1 is 0.630 bits per heavy atom. The predicted octanol–water partition coefficient (Wildman–Crippen LogP) is 7.42. The summed E-state index contributed by atoms with van der Waals surface area (Å²) in [5.41, 5.74) is 0. The van der Waals surface area contributed by atoms with E-state index in [1.807, 2.05) is 0 Å². The first-order valence-electron chi connectivity index (χ1n) is 12.6. The third kappa shape index (κ3) is 9.79. The molecule has 2 aliphatic carbocycles. The van der Waals surface area contributed by atoms with Crippen molar-refractivity contribution >= 4 is 0 Å². The molecule has 0 aromatic carbocycles. The van der Waals surface area contributed by atoms with Gasteiger partial charge in [-0.1, -0.05) is 84.0 Å². The minimum absolute atomic E-state index is 0.0678. The zero-order valence-corrected chi connectivity index (χ0v) is 18.3. The van der Waals surface area contributed by atoms with Crippen LogP contribution in [0.4, 0.5) is 0 Å². The second kappa shape index (κ2) is 14.9. The largest absolute Gasteiger partial charge is 0.393 e. The molecule has 0 aromatic rings. The highest BCUT2D eigenvalue weighted by Crippen LogP contribution is 2.37. The fraction of sp³-hybridized carbons (Fsp3) is 1.00. The molecule has 2 fully saturated rings. The molecule has 0 aromatic heterocycles. The SMILES string of the molecule is CCCCCCCCCCCCCCOC1CCC(O)C2CCCC1CC2. The van der Waals surface area contributed by atoms with Crippen LogP contribution in [0.5, 0.6) is 0 Å². The van der Waals surface area contributed by atoms with Crippen molar-refractivity contribution in [1.29, 1.82) is 0 Å². The lowest BCUT2D eigenvalue weighted by molar-refractivity contribution is -0.0215. The van der Waals surface area contributed by atoms with Crippen LogP contribution in [0.1, 0.15) is 129 Å². The number of hydrogen-bond acceptors (Lipinski definition) is 2. The standard InChI is InChI=1S/C25H48O2/c1-2-3-4-5-6-7-8-9-10-11-12-13-21-27-25-20-19-24(26)22-15-14-16-23(25)18-17-22/h22-26H,2-21H2,1H3. The second-order valence-electron chi connectivity index (χ2n) is 9.47. The smallest absolute Gasteiger partial charge is 0.0604 e. The molecule has 2 rings (SSSR count).